The molecule has 0 spiro atoms. The number of fused-ring (bicyclic) bond motifs is 1. The number of methoxy groups -OCH3 is 2. The lowest BCUT2D eigenvalue weighted by Gasteiger charge is -2.09. The van der Waals surface area contributed by atoms with Crippen molar-refractivity contribution in [3.8, 4) is 11.5 Å². The predicted molar refractivity (Wildman–Crippen MR) is 73.7 cm³/mol. The number of rotatable bonds is 6. The second-order valence-electron chi connectivity index (χ2n) is 4.01. The number of imidazole rings is 1. The van der Waals surface area contributed by atoms with Crippen LogP contribution in [0.1, 0.15) is 6.92 Å². The molecule has 2 rings (SSSR count). The molecule has 104 valence electrons. The Kier molecular flexibility index (Phi) is 4.11. The minimum Gasteiger partial charge on any atom is -0.493 e. The van der Waals surface area contributed by atoms with Gasteiger partial charge in [-0.15, -0.1) is 0 Å². The number of nitrogen functional groups attached to an aromatic ring is 1. The maximum absolute atomic E-state index is 5.93. The van der Waals surface area contributed by atoms with Crippen molar-refractivity contribution in [2.75, 3.05) is 33.2 Å². The quantitative estimate of drug-likeness (QED) is 0.804. The highest BCUT2D eigenvalue weighted by Crippen LogP contribution is 2.32. The summed E-state index contributed by atoms with van der Waals surface area (Å²) in [6.45, 7) is 3.90. The molecule has 1 aromatic heterocycles. The summed E-state index contributed by atoms with van der Waals surface area (Å²) in [6, 6.07) is 3.70. The highest BCUT2D eigenvalue weighted by molar-refractivity contribution is 5.82. The van der Waals surface area contributed by atoms with E-state index in [0.29, 0.717) is 37.2 Å². The van der Waals surface area contributed by atoms with Crippen LogP contribution >= 0.6 is 0 Å². The average molecular weight is 265 g/mol. The van der Waals surface area contributed by atoms with Gasteiger partial charge >= 0.3 is 0 Å². The summed E-state index contributed by atoms with van der Waals surface area (Å²) in [7, 11) is 3.20. The molecule has 0 saturated heterocycles. The lowest BCUT2D eigenvalue weighted by atomic mass is 10.2. The van der Waals surface area contributed by atoms with Gasteiger partial charge in [-0.2, -0.15) is 0 Å². The fraction of sp³-hybridized carbons (Fsp3) is 0.462. The van der Waals surface area contributed by atoms with Crippen LogP contribution in [0.3, 0.4) is 0 Å². The molecule has 6 nitrogen and oxygen atoms in total. The van der Waals surface area contributed by atoms with Crippen LogP contribution in [-0.2, 0) is 11.3 Å². The van der Waals surface area contributed by atoms with Crippen LogP contribution < -0.4 is 15.2 Å². The summed E-state index contributed by atoms with van der Waals surface area (Å²) >= 11 is 0. The van der Waals surface area contributed by atoms with Gasteiger partial charge in [-0.25, -0.2) is 4.98 Å². The van der Waals surface area contributed by atoms with Crippen molar-refractivity contribution in [3.63, 3.8) is 0 Å². The summed E-state index contributed by atoms with van der Waals surface area (Å²) < 4.78 is 17.8. The highest BCUT2D eigenvalue weighted by atomic mass is 16.5. The smallest absolute Gasteiger partial charge is 0.201 e. The molecule has 0 radical (unpaired) electrons. The average Bonchev–Trinajstić information content (AvgIpc) is 2.73. The molecule has 0 bridgehead atoms. The Morgan fingerprint density at radius 3 is 2.53 bits per heavy atom. The monoisotopic (exact) mass is 265 g/mol. The Bertz CT molecular complexity index is 566. The van der Waals surface area contributed by atoms with Gasteiger partial charge < -0.3 is 24.5 Å². The van der Waals surface area contributed by atoms with E-state index in [1.165, 1.54) is 0 Å². The normalized spacial score (nSPS) is 10.9. The number of hydrogen-bond acceptors (Lipinski definition) is 5. The molecule has 0 aliphatic carbocycles. The van der Waals surface area contributed by atoms with Crippen LogP contribution in [0.5, 0.6) is 11.5 Å². The van der Waals surface area contributed by atoms with E-state index in [9.17, 15) is 0 Å². The van der Waals surface area contributed by atoms with Crippen molar-refractivity contribution in [3.05, 3.63) is 12.1 Å². The molecule has 0 aliphatic heterocycles. The van der Waals surface area contributed by atoms with Crippen molar-refractivity contribution in [2.45, 2.75) is 13.5 Å². The molecule has 0 saturated carbocycles. The van der Waals surface area contributed by atoms with Crippen LogP contribution in [0, 0.1) is 0 Å². The molecule has 2 N–H and O–H groups in total. The molecule has 0 fully saturated rings. The van der Waals surface area contributed by atoms with Gasteiger partial charge in [-0.05, 0) is 6.92 Å². The number of benzene rings is 1. The van der Waals surface area contributed by atoms with Crippen molar-refractivity contribution in [2.24, 2.45) is 0 Å². The van der Waals surface area contributed by atoms with E-state index < -0.39 is 0 Å². The lowest BCUT2D eigenvalue weighted by molar-refractivity contribution is 0.140. The van der Waals surface area contributed by atoms with Crippen LogP contribution in [0.4, 0.5) is 5.95 Å². The second kappa shape index (κ2) is 5.79. The Morgan fingerprint density at radius 2 is 1.89 bits per heavy atom. The number of ether oxygens (including phenoxy) is 3. The summed E-state index contributed by atoms with van der Waals surface area (Å²) in [4.78, 5) is 4.33. The molecule has 1 heterocycles. The van der Waals surface area contributed by atoms with E-state index in [4.69, 9.17) is 19.9 Å². The van der Waals surface area contributed by atoms with E-state index in [1.807, 2.05) is 23.6 Å². The number of anilines is 1. The SMILES string of the molecule is CCOCCn1c(N)nc2cc(OC)c(OC)cc21. The minimum absolute atomic E-state index is 0.463. The molecule has 1 aromatic carbocycles. The number of nitrogens with zero attached hydrogens (tertiary/aromatic N) is 2. The van der Waals surface area contributed by atoms with E-state index in [1.54, 1.807) is 14.2 Å². The number of nitrogens with two attached hydrogens (primary N) is 1. The van der Waals surface area contributed by atoms with Crippen molar-refractivity contribution >= 4 is 17.0 Å². The van der Waals surface area contributed by atoms with E-state index in [-0.39, 0.29) is 0 Å². The van der Waals surface area contributed by atoms with E-state index in [0.717, 1.165) is 11.0 Å². The summed E-state index contributed by atoms with van der Waals surface area (Å²) in [5.74, 6) is 1.77. The first-order chi connectivity index (χ1) is 9.21. The zero-order chi connectivity index (χ0) is 13.8. The predicted octanol–water partition coefficient (Wildman–Crippen LogP) is 1.67. The summed E-state index contributed by atoms with van der Waals surface area (Å²) in [6.07, 6.45) is 0. The number of aromatic nitrogens is 2. The maximum atomic E-state index is 5.93. The zero-order valence-electron chi connectivity index (χ0n) is 11.5. The second-order valence-corrected chi connectivity index (χ2v) is 4.01. The van der Waals surface area contributed by atoms with Crippen molar-refractivity contribution in [1.29, 1.82) is 0 Å². The maximum Gasteiger partial charge on any atom is 0.201 e. The van der Waals surface area contributed by atoms with Crippen molar-refractivity contribution in [1.82, 2.24) is 9.55 Å². The van der Waals surface area contributed by atoms with Gasteiger partial charge in [0.2, 0.25) is 5.95 Å². The Hall–Kier alpha value is -1.95. The molecule has 6 heteroatoms. The zero-order valence-corrected chi connectivity index (χ0v) is 11.5. The van der Waals surface area contributed by atoms with Crippen LogP contribution in [-0.4, -0.2) is 37.0 Å². The van der Waals surface area contributed by atoms with Crippen molar-refractivity contribution < 1.29 is 14.2 Å². The summed E-state index contributed by atoms with van der Waals surface area (Å²) in [5.41, 5.74) is 7.63. The third-order valence-electron chi connectivity index (χ3n) is 2.95. The molecule has 0 atom stereocenters. The van der Waals surface area contributed by atoms with Gasteiger partial charge in [0, 0.05) is 25.3 Å². The van der Waals surface area contributed by atoms with Gasteiger partial charge in [0.25, 0.3) is 0 Å². The lowest BCUT2D eigenvalue weighted by Crippen LogP contribution is -2.08. The van der Waals surface area contributed by atoms with Crippen LogP contribution in [0.2, 0.25) is 0 Å². The molecule has 0 amide bonds. The molecular formula is C13H19N3O3. The number of hydrogen-bond donors (Lipinski definition) is 1. The van der Waals surface area contributed by atoms with Gasteiger partial charge in [0.1, 0.15) is 0 Å². The van der Waals surface area contributed by atoms with E-state index >= 15 is 0 Å². The largest absolute Gasteiger partial charge is 0.493 e. The first-order valence-electron chi connectivity index (χ1n) is 6.16. The molecular weight excluding hydrogens is 246 g/mol. The minimum atomic E-state index is 0.463. The molecule has 19 heavy (non-hydrogen) atoms. The fourth-order valence-corrected chi connectivity index (χ4v) is 2.01. The Morgan fingerprint density at radius 1 is 1.21 bits per heavy atom. The Labute approximate surface area is 112 Å². The molecule has 0 unspecified atom stereocenters. The molecule has 2 aromatic rings. The van der Waals surface area contributed by atoms with Gasteiger partial charge in [0.15, 0.2) is 11.5 Å². The standard InChI is InChI=1S/C13H19N3O3/c1-4-19-6-5-16-10-8-12(18-3)11(17-2)7-9(10)15-13(16)14/h7-8H,4-6H2,1-3H3,(H2,14,15). The van der Waals surface area contributed by atoms with Gasteiger partial charge in [0.05, 0.1) is 31.9 Å². The summed E-state index contributed by atoms with van der Waals surface area (Å²) in [5, 5.41) is 0. The van der Waals surface area contributed by atoms with Crippen LogP contribution in [0.15, 0.2) is 12.1 Å². The first kappa shape index (κ1) is 13.5. The third-order valence-corrected chi connectivity index (χ3v) is 2.95. The Balaban J connectivity index is 2.43. The van der Waals surface area contributed by atoms with Gasteiger partial charge in [-0.1, -0.05) is 0 Å². The topological polar surface area (TPSA) is 71.5 Å². The highest BCUT2D eigenvalue weighted by Gasteiger charge is 2.13. The van der Waals surface area contributed by atoms with E-state index in [2.05, 4.69) is 4.98 Å². The van der Waals surface area contributed by atoms with Crippen LogP contribution in [0.25, 0.3) is 11.0 Å². The third kappa shape index (κ3) is 2.58. The molecule has 0 aliphatic rings. The first-order valence-corrected chi connectivity index (χ1v) is 6.16. The fourth-order valence-electron chi connectivity index (χ4n) is 2.01. The van der Waals surface area contributed by atoms with Gasteiger partial charge in [-0.3, -0.25) is 0 Å².